The summed E-state index contributed by atoms with van der Waals surface area (Å²) >= 11 is 3.17. The SMILES string of the molecule is N#CC(=C(O)CSc1ncnc2sc3c(c12)CCC3)c1nc2ccccc2[nH]1. The number of nitriles is 1. The lowest BCUT2D eigenvalue weighted by atomic mass is 10.2. The molecular formula is C20H15N5OS2. The lowest BCUT2D eigenvalue weighted by Crippen LogP contribution is -1.96. The number of para-hydroxylation sites is 2. The molecule has 0 saturated heterocycles. The minimum Gasteiger partial charge on any atom is -0.510 e. The van der Waals surface area contributed by atoms with E-state index in [1.165, 1.54) is 28.6 Å². The molecule has 0 amide bonds. The second-order valence-corrected chi connectivity index (χ2v) is 8.59. The first-order valence-electron chi connectivity index (χ1n) is 8.90. The Balaban J connectivity index is 1.47. The molecule has 5 rings (SSSR count). The molecule has 1 aromatic carbocycles. The summed E-state index contributed by atoms with van der Waals surface area (Å²) in [5, 5.41) is 22.1. The van der Waals surface area contributed by atoms with Gasteiger partial charge in [-0.1, -0.05) is 23.9 Å². The Morgan fingerprint density at radius 3 is 3.04 bits per heavy atom. The topological polar surface area (TPSA) is 98.5 Å². The number of imidazole rings is 1. The van der Waals surface area contributed by atoms with Gasteiger partial charge in [0.05, 0.1) is 16.8 Å². The molecule has 28 heavy (non-hydrogen) atoms. The van der Waals surface area contributed by atoms with Crippen molar-refractivity contribution in [2.45, 2.75) is 24.3 Å². The van der Waals surface area contributed by atoms with Gasteiger partial charge in [-0.3, -0.25) is 0 Å². The molecule has 0 radical (unpaired) electrons. The lowest BCUT2D eigenvalue weighted by Gasteiger charge is -2.05. The van der Waals surface area contributed by atoms with Crippen LogP contribution in [0, 0.1) is 11.3 Å². The van der Waals surface area contributed by atoms with E-state index in [4.69, 9.17) is 0 Å². The number of aryl methyl sites for hydroxylation is 2. The van der Waals surface area contributed by atoms with Gasteiger partial charge in [-0.05, 0) is 37.0 Å². The molecule has 4 aromatic rings. The zero-order valence-corrected chi connectivity index (χ0v) is 16.4. The number of fused-ring (bicyclic) bond motifs is 4. The van der Waals surface area contributed by atoms with Gasteiger partial charge in [-0.25, -0.2) is 15.0 Å². The van der Waals surface area contributed by atoms with Crippen molar-refractivity contribution in [1.82, 2.24) is 19.9 Å². The fourth-order valence-corrected chi connectivity index (χ4v) is 5.74. The second kappa shape index (κ2) is 6.93. The Labute approximate surface area is 169 Å². The molecule has 6 nitrogen and oxygen atoms in total. The van der Waals surface area contributed by atoms with Gasteiger partial charge in [0.1, 0.15) is 33.6 Å². The van der Waals surface area contributed by atoms with Crippen molar-refractivity contribution in [3.8, 4) is 6.07 Å². The van der Waals surface area contributed by atoms with Gasteiger partial charge in [-0.15, -0.1) is 11.3 Å². The molecule has 0 saturated carbocycles. The molecule has 0 spiro atoms. The molecule has 3 aromatic heterocycles. The predicted molar refractivity (Wildman–Crippen MR) is 111 cm³/mol. The highest BCUT2D eigenvalue weighted by molar-refractivity contribution is 7.99. The van der Waals surface area contributed by atoms with Crippen LogP contribution >= 0.6 is 23.1 Å². The first-order chi connectivity index (χ1) is 13.7. The van der Waals surface area contributed by atoms with Crippen LogP contribution in [0.4, 0.5) is 0 Å². The van der Waals surface area contributed by atoms with Crippen LogP contribution in [0.1, 0.15) is 22.7 Å². The molecule has 1 aliphatic rings. The normalized spacial score (nSPS) is 14.2. The Morgan fingerprint density at radius 2 is 2.18 bits per heavy atom. The quantitative estimate of drug-likeness (QED) is 0.222. The summed E-state index contributed by atoms with van der Waals surface area (Å²) < 4.78 is 0. The van der Waals surface area contributed by atoms with E-state index < -0.39 is 0 Å². The molecular weight excluding hydrogens is 390 g/mol. The zero-order chi connectivity index (χ0) is 19.1. The summed E-state index contributed by atoms with van der Waals surface area (Å²) in [6.07, 6.45) is 4.91. The number of thioether (sulfide) groups is 1. The summed E-state index contributed by atoms with van der Waals surface area (Å²) in [5.41, 5.74) is 3.10. The van der Waals surface area contributed by atoms with E-state index in [9.17, 15) is 10.4 Å². The average molecular weight is 406 g/mol. The number of H-pyrrole nitrogens is 1. The van der Waals surface area contributed by atoms with Crippen LogP contribution in [-0.2, 0) is 12.8 Å². The third-order valence-corrected chi connectivity index (χ3v) is 7.04. The van der Waals surface area contributed by atoms with Gasteiger partial charge in [0.15, 0.2) is 5.82 Å². The molecule has 1 aliphatic carbocycles. The standard InChI is InChI=1S/C20H15N5OS2/c21-8-12(18-24-13-5-1-2-6-14(13)25-18)15(26)9-27-19-17-11-4-3-7-16(11)28-20(17)23-10-22-19/h1-2,5-6,10,26H,3-4,7,9H2,(H,24,25). The van der Waals surface area contributed by atoms with E-state index >= 15 is 0 Å². The number of nitrogens with one attached hydrogen (secondary N) is 1. The second-order valence-electron chi connectivity index (χ2n) is 6.54. The van der Waals surface area contributed by atoms with E-state index in [2.05, 4.69) is 26.0 Å². The molecule has 8 heteroatoms. The van der Waals surface area contributed by atoms with Crippen LogP contribution in [0.3, 0.4) is 0 Å². The largest absolute Gasteiger partial charge is 0.510 e. The van der Waals surface area contributed by atoms with Crippen molar-refractivity contribution in [3.05, 3.63) is 52.6 Å². The number of aliphatic hydroxyl groups excluding tert-OH is 1. The highest BCUT2D eigenvalue weighted by Gasteiger charge is 2.22. The number of hydrogen-bond donors (Lipinski definition) is 2. The van der Waals surface area contributed by atoms with Gasteiger partial charge in [0.2, 0.25) is 0 Å². The molecule has 0 bridgehead atoms. The fourth-order valence-electron chi connectivity index (χ4n) is 3.54. The predicted octanol–water partition coefficient (Wildman–Crippen LogP) is 4.64. The van der Waals surface area contributed by atoms with Crippen LogP contribution in [0.2, 0.25) is 0 Å². The fraction of sp³-hybridized carbons (Fsp3) is 0.200. The van der Waals surface area contributed by atoms with Gasteiger partial charge in [0.25, 0.3) is 0 Å². The maximum atomic E-state index is 10.6. The molecule has 0 fully saturated rings. The maximum absolute atomic E-state index is 10.6. The van der Waals surface area contributed by atoms with Crippen molar-refractivity contribution in [2.24, 2.45) is 0 Å². The molecule has 0 unspecified atom stereocenters. The average Bonchev–Trinajstić information content (AvgIpc) is 3.40. The lowest BCUT2D eigenvalue weighted by molar-refractivity contribution is 0.420. The number of aromatic amines is 1. The Morgan fingerprint density at radius 1 is 1.29 bits per heavy atom. The van der Waals surface area contributed by atoms with Crippen molar-refractivity contribution in [3.63, 3.8) is 0 Å². The molecule has 138 valence electrons. The number of benzene rings is 1. The van der Waals surface area contributed by atoms with Crippen LogP contribution in [-0.4, -0.2) is 30.8 Å². The van der Waals surface area contributed by atoms with Crippen molar-refractivity contribution < 1.29 is 5.11 Å². The molecule has 0 atom stereocenters. The first kappa shape index (κ1) is 17.2. The monoisotopic (exact) mass is 405 g/mol. The number of aliphatic hydroxyl groups is 1. The molecule has 2 N–H and O–H groups in total. The number of aromatic nitrogens is 4. The van der Waals surface area contributed by atoms with Gasteiger partial charge >= 0.3 is 0 Å². The van der Waals surface area contributed by atoms with Crippen LogP contribution in [0.5, 0.6) is 0 Å². The summed E-state index contributed by atoms with van der Waals surface area (Å²) in [5.74, 6) is 0.618. The molecule has 0 aliphatic heterocycles. The molecule has 3 heterocycles. The Kier molecular flexibility index (Phi) is 4.26. The summed E-state index contributed by atoms with van der Waals surface area (Å²) in [6, 6.07) is 9.62. The van der Waals surface area contributed by atoms with E-state index in [1.54, 1.807) is 17.7 Å². The minimum absolute atomic E-state index is 0.00908. The van der Waals surface area contributed by atoms with Crippen LogP contribution < -0.4 is 0 Å². The van der Waals surface area contributed by atoms with E-state index in [0.717, 1.165) is 39.1 Å². The number of hydrogen-bond acceptors (Lipinski definition) is 7. The summed E-state index contributed by atoms with van der Waals surface area (Å²) in [4.78, 5) is 18.8. The summed E-state index contributed by atoms with van der Waals surface area (Å²) in [6.45, 7) is 0. The third kappa shape index (κ3) is 2.84. The van der Waals surface area contributed by atoms with Crippen LogP contribution in [0.15, 0.2) is 41.4 Å². The van der Waals surface area contributed by atoms with Crippen molar-refractivity contribution in [1.29, 1.82) is 5.26 Å². The number of thiophene rings is 1. The first-order valence-corrected chi connectivity index (χ1v) is 10.7. The van der Waals surface area contributed by atoms with Gasteiger partial charge in [0, 0.05) is 10.3 Å². The van der Waals surface area contributed by atoms with Crippen molar-refractivity contribution >= 4 is 49.9 Å². The van der Waals surface area contributed by atoms with E-state index in [1.807, 2.05) is 24.3 Å². The van der Waals surface area contributed by atoms with E-state index in [-0.39, 0.29) is 17.1 Å². The Hall–Kier alpha value is -2.89. The highest BCUT2D eigenvalue weighted by Crippen LogP contribution is 2.40. The Bertz CT molecular complexity index is 1250. The minimum atomic E-state index is -0.00908. The van der Waals surface area contributed by atoms with Gasteiger partial charge < -0.3 is 10.1 Å². The highest BCUT2D eigenvalue weighted by atomic mass is 32.2. The number of allylic oxidation sites excluding steroid dienone is 1. The zero-order valence-electron chi connectivity index (χ0n) is 14.8. The van der Waals surface area contributed by atoms with Crippen LogP contribution in [0.25, 0.3) is 26.8 Å². The van der Waals surface area contributed by atoms with Gasteiger partial charge in [-0.2, -0.15) is 5.26 Å². The van der Waals surface area contributed by atoms with Crippen molar-refractivity contribution in [2.75, 3.05) is 5.75 Å². The van der Waals surface area contributed by atoms with E-state index in [0.29, 0.717) is 5.82 Å². The number of nitrogens with zero attached hydrogens (tertiary/aromatic N) is 4. The third-order valence-electron chi connectivity index (χ3n) is 4.84. The smallest absolute Gasteiger partial charge is 0.152 e. The summed E-state index contributed by atoms with van der Waals surface area (Å²) in [7, 11) is 0. The number of rotatable bonds is 4. The maximum Gasteiger partial charge on any atom is 0.152 e.